The third-order valence-corrected chi connectivity index (χ3v) is 10.7. The fourth-order valence-corrected chi connectivity index (χ4v) is 8.59. The molecule has 0 bridgehead atoms. The van der Waals surface area contributed by atoms with Crippen LogP contribution >= 0.6 is 0 Å². The van der Waals surface area contributed by atoms with Crippen molar-refractivity contribution in [1.29, 1.82) is 0 Å². The quantitative estimate of drug-likeness (QED) is 0.482. The Hall–Kier alpha value is -2.12. The maximum Gasteiger partial charge on any atom is 0.181 e. The molecular weight excluding hydrogens is 440 g/mol. The minimum atomic E-state index is -3.45. The van der Waals surface area contributed by atoms with E-state index in [2.05, 4.69) is 24.3 Å². The van der Waals surface area contributed by atoms with Gasteiger partial charge in [-0.2, -0.15) is 0 Å². The fraction of sp³-hybridized carbons (Fsp3) is 0.308. The Balaban J connectivity index is 1.44. The first-order valence-corrected chi connectivity index (χ1v) is 13.8. The molecule has 3 aromatic rings. The van der Waals surface area contributed by atoms with Gasteiger partial charge in [-0.1, -0.05) is 36.4 Å². The monoisotopic (exact) mass is 467 g/mol. The summed E-state index contributed by atoms with van der Waals surface area (Å²) >= 11 is 0. The molecule has 1 aliphatic heterocycles. The van der Waals surface area contributed by atoms with Crippen molar-refractivity contribution in [3.63, 3.8) is 0 Å². The average Bonchev–Trinajstić information content (AvgIpc) is 3.28. The second-order valence-electron chi connectivity index (χ2n) is 8.27. The second kappa shape index (κ2) is 9.02. The smallest absolute Gasteiger partial charge is 0.181 e. The Labute approximate surface area is 192 Å². The molecule has 4 nitrogen and oxygen atoms in total. The minimum absolute atomic E-state index is 0.296. The third kappa shape index (κ3) is 4.25. The fourth-order valence-electron chi connectivity index (χ4n) is 4.65. The Morgan fingerprint density at radius 1 is 0.750 bits per heavy atom. The Morgan fingerprint density at radius 2 is 1.28 bits per heavy atom. The molecule has 1 saturated heterocycles. The van der Waals surface area contributed by atoms with Crippen LogP contribution in [0, 0.1) is 0 Å². The van der Waals surface area contributed by atoms with Crippen molar-refractivity contribution in [2.75, 3.05) is 13.2 Å². The average molecular weight is 468 g/mol. The van der Waals surface area contributed by atoms with E-state index in [0.29, 0.717) is 31.0 Å². The van der Waals surface area contributed by atoms with Crippen molar-refractivity contribution in [3.05, 3.63) is 84.9 Å². The van der Waals surface area contributed by atoms with Crippen LogP contribution in [-0.2, 0) is 30.2 Å². The van der Waals surface area contributed by atoms with Crippen LogP contribution in [0.3, 0.4) is 0 Å². The van der Waals surface area contributed by atoms with Crippen molar-refractivity contribution >= 4 is 20.7 Å². The van der Waals surface area contributed by atoms with E-state index in [1.165, 1.54) is 9.79 Å². The van der Waals surface area contributed by atoms with E-state index < -0.39 is 20.9 Å². The zero-order valence-corrected chi connectivity index (χ0v) is 19.5. The number of ether oxygens (including phenoxy) is 2. The lowest BCUT2D eigenvalue weighted by Crippen LogP contribution is -2.41. The van der Waals surface area contributed by atoms with Crippen LogP contribution in [0.1, 0.15) is 25.7 Å². The molecule has 1 aliphatic carbocycles. The van der Waals surface area contributed by atoms with Gasteiger partial charge in [-0.15, -0.1) is 0 Å². The van der Waals surface area contributed by atoms with E-state index in [1.807, 2.05) is 48.5 Å². The Morgan fingerprint density at radius 3 is 1.84 bits per heavy atom. The van der Waals surface area contributed by atoms with Gasteiger partial charge in [0.25, 0.3) is 0 Å². The molecule has 0 amide bonds. The molecule has 5 rings (SSSR count). The lowest BCUT2D eigenvalue weighted by molar-refractivity contribution is -0.175. The molecule has 1 saturated carbocycles. The molecule has 1 atom stereocenters. The first kappa shape index (κ1) is 21.7. The predicted molar refractivity (Wildman–Crippen MR) is 126 cm³/mol. The van der Waals surface area contributed by atoms with E-state index in [-0.39, 0.29) is 10.9 Å². The Kier molecular flexibility index (Phi) is 6.12. The molecule has 166 valence electrons. The highest BCUT2D eigenvalue weighted by atomic mass is 32.2. The first-order valence-electron chi connectivity index (χ1n) is 11.0. The molecule has 6 heteroatoms. The highest BCUT2D eigenvalue weighted by molar-refractivity contribution is 7.97. The van der Waals surface area contributed by atoms with E-state index >= 15 is 0 Å². The zero-order valence-electron chi connectivity index (χ0n) is 17.9. The molecule has 1 unspecified atom stereocenters. The molecule has 2 fully saturated rings. The molecule has 32 heavy (non-hydrogen) atoms. The summed E-state index contributed by atoms with van der Waals surface area (Å²) in [4.78, 5) is 3.90. The van der Waals surface area contributed by atoms with E-state index in [1.54, 1.807) is 12.1 Å². The van der Waals surface area contributed by atoms with Gasteiger partial charge in [-0.3, -0.25) is 0 Å². The molecule has 0 aromatic heterocycles. The van der Waals surface area contributed by atoms with E-state index in [0.717, 1.165) is 17.7 Å². The highest BCUT2D eigenvalue weighted by Crippen LogP contribution is 2.40. The van der Waals surface area contributed by atoms with Crippen LogP contribution < -0.4 is 0 Å². The highest BCUT2D eigenvalue weighted by Gasteiger charge is 2.45. The van der Waals surface area contributed by atoms with Gasteiger partial charge in [-0.05, 0) is 61.4 Å². The van der Waals surface area contributed by atoms with Crippen LogP contribution in [0.2, 0.25) is 0 Å². The summed E-state index contributed by atoms with van der Waals surface area (Å²) in [5.74, 6) is -0.705. The van der Waals surface area contributed by atoms with Gasteiger partial charge < -0.3 is 9.47 Å². The van der Waals surface area contributed by atoms with Crippen molar-refractivity contribution in [3.8, 4) is 0 Å². The van der Waals surface area contributed by atoms with Crippen molar-refractivity contribution in [2.45, 2.75) is 56.3 Å². The Bertz CT molecular complexity index is 1100. The van der Waals surface area contributed by atoms with Gasteiger partial charge in [-0.25, -0.2) is 8.42 Å². The molecule has 0 radical (unpaired) electrons. The standard InChI is InChI=1S/C26H27O4S2/c27-32(28,25-12-7-17-26(20-25)29-18-19-30-26)24-15-13-23(14-16-24)31(21-8-3-1-4-9-21)22-10-5-2-6-11-22/h1-6,8-11,13-16,25H,7,12,17-20H2/q+1. The molecule has 1 spiro atoms. The topological polar surface area (TPSA) is 52.6 Å². The van der Waals surface area contributed by atoms with Crippen molar-refractivity contribution in [1.82, 2.24) is 0 Å². The normalized spacial score (nSPS) is 20.6. The van der Waals surface area contributed by atoms with Crippen LogP contribution in [0.15, 0.2) is 105 Å². The molecule has 0 N–H and O–H groups in total. The summed E-state index contributed by atoms with van der Waals surface area (Å²) in [7, 11) is -3.75. The van der Waals surface area contributed by atoms with Crippen molar-refractivity contribution in [2.24, 2.45) is 0 Å². The number of sulfone groups is 1. The summed E-state index contributed by atoms with van der Waals surface area (Å²) in [5, 5.41) is -0.471. The number of rotatable bonds is 5. The van der Waals surface area contributed by atoms with Crippen LogP contribution in [0.25, 0.3) is 0 Å². The van der Waals surface area contributed by atoms with Gasteiger partial charge >= 0.3 is 0 Å². The number of hydrogen-bond acceptors (Lipinski definition) is 4. The number of hydrogen-bond donors (Lipinski definition) is 0. The number of benzene rings is 3. The largest absolute Gasteiger partial charge is 0.347 e. The van der Waals surface area contributed by atoms with Gasteiger partial charge in [0.1, 0.15) is 0 Å². The predicted octanol–water partition coefficient (Wildman–Crippen LogP) is 5.24. The molecule has 3 aromatic carbocycles. The van der Waals surface area contributed by atoms with Crippen molar-refractivity contribution < 1.29 is 17.9 Å². The first-order chi connectivity index (χ1) is 15.6. The lowest BCUT2D eigenvalue weighted by atomic mass is 9.94. The van der Waals surface area contributed by atoms with Crippen LogP contribution in [-0.4, -0.2) is 32.7 Å². The van der Waals surface area contributed by atoms with E-state index in [9.17, 15) is 8.42 Å². The summed E-state index contributed by atoms with van der Waals surface area (Å²) in [6.07, 6.45) is 2.63. The molecule has 2 aliphatic rings. The molecular formula is C26H27O4S2+. The van der Waals surface area contributed by atoms with Gasteiger partial charge in [0.15, 0.2) is 30.3 Å². The maximum absolute atomic E-state index is 13.4. The molecule has 1 heterocycles. The van der Waals surface area contributed by atoms with E-state index in [4.69, 9.17) is 9.47 Å². The summed E-state index contributed by atoms with van der Waals surface area (Å²) in [5.41, 5.74) is 0. The maximum atomic E-state index is 13.4. The van der Waals surface area contributed by atoms with Crippen LogP contribution in [0.4, 0.5) is 0 Å². The SMILES string of the molecule is O=S(=O)(c1ccc([S+](c2ccccc2)c2ccccc2)cc1)C1CCCC2(C1)OCCO2. The summed E-state index contributed by atoms with van der Waals surface area (Å²) in [6.45, 7) is 1.09. The zero-order chi connectivity index (χ0) is 22.0. The van der Waals surface area contributed by atoms with Crippen LogP contribution in [0.5, 0.6) is 0 Å². The van der Waals surface area contributed by atoms with Gasteiger partial charge in [0, 0.05) is 12.8 Å². The summed E-state index contributed by atoms with van der Waals surface area (Å²) < 4.78 is 38.5. The van der Waals surface area contributed by atoms with Gasteiger partial charge in [0.2, 0.25) is 0 Å². The lowest BCUT2D eigenvalue weighted by Gasteiger charge is -2.35. The summed E-state index contributed by atoms with van der Waals surface area (Å²) in [6, 6.07) is 28.2. The minimum Gasteiger partial charge on any atom is -0.347 e. The second-order valence-corrected chi connectivity index (χ2v) is 12.5. The van der Waals surface area contributed by atoms with Gasteiger partial charge in [0.05, 0.1) is 34.3 Å². The third-order valence-electron chi connectivity index (χ3n) is 6.22.